The lowest BCUT2D eigenvalue weighted by Crippen LogP contribution is -2.69. The van der Waals surface area contributed by atoms with E-state index >= 15 is 0 Å². The van der Waals surface area contributed by atoms with Crippen molar-refractivity contribution in [1.82, 2.24) is 0 Å². The van der Waals surface area contributed by atoms with Crippen LogP contribution in [-0.4, -0.2) is 70.5 Å². The molecule has 4 N–H and O–H groups in total. The number of nitrogens with two attached hydrogens (primary N) is 1. The maximum Gasteiger partial charge on any atom is 0.306 e. The summed E-state index contributed by atoms with van der Waals surface area (Å²) in [7, 11) is 0. The molecular formula is C38H47NO9. The second-order valence-corrected chi connectivity index (χ2v) is 14.4. The minimum Gasteiger partial charge on any atom is -0.458 e. The van der Waals surface area contributed by atoms with Crippen LogP contribution in [0.3, 0.4) is 0 Å². The number of Topliss-reactive ketones (excluding diaryl/α,β-unsaturated/α-hetero) is 1. The highest BCUT2D eigenvalue weighted by atomic mass is 16.6. The molecule has 2 aromatic carbocycles. The van der Waals surface area contributed by atoms with Crippen molar-refractivity contribution in [3.8, 4) is 0 Å². The van der Waals surface area contributed by atoms with E-state index in [4.69, 9.17) is 19.9 Å². The van der Waals surface area contributed by atoms with E-state index in [2.05, 4.69) is 0 Å². The Labute approximate surface area is 281 Å². The van der Waals surface area contributed by atoms with Gasteiger partial charge in [0.2, 0.25) is 5.91 Å². The number of fused-ring (bicyclic) bond motifs is 5. The first-order valence-electron chi connectivity index (χ1n) is 16.6. The van der Waals surface area contributed by atoms with Gasteiger partial charge in [0.15, 0.2) is 11.9 Å². The Bertz CT molecular complexity index is 1570. The van der Waals surface area contributed by atoms with Crippen molar-refractivity contribution in [2.45, 2.75) is 96.7 Å². The Balaban J connectivity index is 0.000000434. The summed E-state index contributed by atoms with van der Waals surface area (Å²) < 4.78 is 17.4. The number of hydrogen-bond acceptors (Lipinski definition) is 9. The fourth-order valence-electron chi connectivity index (χ4n) is 8.23. The Hall–Kier alpha value is -3.86. The molecule has 1 amide bonds. The van der Waals surface area contributed by atoms with Crippen molar-refractivity contribution in [1.29, 1.82) is 0 Å². The molecule has 1 aliphatic heterocycles. The lowest BCUT2D eigenvalue weighted by molar-refractivity contribution is -0.244. The van der Waals surface area contributed by atoms with Crippen LogP contribution in [0.25, 0.3) is 0 Å². The highest BCUT2D eigenvalue weighted by Gasteiger charge is 2.67. The first-order chi connectivity index (χ1) is 22.6. The summed E-state index contributed by atoms with van der Waals surface area (Å²) in [5.74, 6) is -2.20. The van der Waals surface area contributed by atoms with Gasteiger partial charge in [0, 0.05) is 43.1 Å². The van der Waals surface area contributed by atoms with Crippen LogP contribution in [0, 0.1) is 22.7 Å². The number of aliphatic hydroxyl groups excluding tert-OH is 1. The molecule has 0 radical (unpaired) electrons. The molecular weight excluding hydrogens is 614 g/mol. The van der Waals surface area contributed by atoms with E-state index in [9.17, 15) is 29.4 Å². The van der Waals surface area contributed by atoms with Crippen LogP contribution in [0.1, 0.15) is 76.2 Å². The molecule has 2 aromatic rings. The molecule has 2 bridgehead atoms. The fourth-order valence-corrected chi connectivity index (χ4v) is 8.23. The van der Waals surface area contributed by atoms with Crippen molar-refractivity contribution in [2.24, 2.45) is 28.4 Å². The Morgan fingerprint density at radius 3 is 2.15 bits per heavy atom. The lowest BCUT2D eigenvalue weighted by atomic mass is 9.47. The van der Waals surface area contributed by atoms with E-state index in [-0.39, 0.29) is 43.0 Å². The summed E-state index contributed by atoms with van der Waals surface area (Å²) in [6, 6.07) is 18.4. The molecule has 4 aliphatic rings. The maximum atomic E-state index is 14.4. The third-order valence-corrected chi connectivity index (χ3v) is 11.3. The number of amides is 1. The molecule has 3 aliphatic carbocycles. The zero-order valence-electron chi connectivity index (χ0n) is 28.3. The number of ether oxygens (including phenoxy) is 3. The quantitative estimate of drug-likeness (QED) is 0.306. The summed E-state index contributed by atoms with van der Waals surface area (Å²) >= 11 is 0. The topological polar surface area (TPSA) is 162 Å². The van der Waals surface area contributed by atoms with Gasteiger partial charge in [-0.25, -0.2) is 0 Å². The van der Waals surface area contributed by atoms with Crippen molar-refractivity contribution in [2.75, 3.05) is 6.61 Å². The van der Waals surface area contributed by atoms with Gasteiger partial charge >= 0.3 is 11.9 Å². The second kappa shape index (κ2) is 13.6. The number of hydrogen-bond donors (Lipinski definition) is 3. The fraction of sp³-hybridized carbons (Fsp3) is 0.526. The van der Waals surface area contributed by atoms with Gasteiger partial charge in [-0.1, -0.05) is 62.4 Å². The Morgan fingerprint density at radius 1 is 0.979 bits per heavy atom. The largest absolute Gasteiger partial charge is 0.458 e. The molecule has 10 heteroatoms. The van der Waals surface area contributed by atoms with Crippen LogP contribution in [0.5, 0.6) is 0 Å². The normalized spacial score (nSPS) is 33.3. The van der Waals surface area contributed by atoms with Gasteiger partial charge < -0.3 is 30.2 Å². The van der Waals surface area contributed by atoms with Crippen LogP contribution in [0.2, 0.25) is 0 Å². The van der Waals surface area contributed by atoms with E-state index in [1.54, 1.807) is 38.1 Å². The van der Waals surface area contributed by atoms with Crippen molar-refractivity contribution in [3.05, 3.63) is 82.9 Å². The minimum atomic E-state index is -1.39. The maximum absolute atomic E-state index is 14.4. The van der Waals surface area contributed by atoms with Crippen molar-refractivity contribution < 1.29 is 43.6 Å². The Morgan fingerprint density at radius 2 is 1.60 bits per heavy atom. The van der Waals surface area contributed by atoms with E-state index in [1.165, 1.54) is 6.92 Å². The van der Waals surface area contributed by atoms with E-state index in [0.717, 1.165) is 5.56 Å². The predicted molar refractivity (Wildman–Crippen MR) is 176 cm³/mol. The van der Waals surface area contributed by atoms with E-state index < -0.39 is 52.6 Å². The van der Waals surface area contributed by atoms with Crippen molar-refractivity contribution in [3.63, 3.8) is 0 Å². The number of aryl methyl sites for hydroxylation is 1. The van der Waals surface area contributed by atoms with Crippen LogP contribution in [0.15, 0.2) is 71.8 Å². The smallest absolute Gasteiger partial charge is 0.306 e. The van der Waals surface area contributed by atoms with Crippen LogP contribution >= 0.6 is 0 Å². The molecule has 1 heterocycles. The number of carbonyl (C=O) groups excluding carboxylic acids is 4. The molecule has 48 heavy (non-hydrogen) atoms. The third-order valence-electron chi connectivity index (χ3n) is 11.3. The summed E-state index contributed by atoms with van der Waals surface area (Å²) in [5.41, 5.74) is 4.01. The van der Waals surface area contributed by atoms with Gasteiger partial charge in [0.05, 0.1) is 29.8 Å². The summed E-state index contributed by atoms with van der Waals surface area (Å²) in [4.78, 5) is 50.2. The van der Waals surface area contributed by atoms with Gasteiger partial charge in [0.25, 0.3) is 0 Å². The minimum absolute atomic E-state index is 0.0134. The van der Waals surface area contributed by atoms with E-state index in [0.29, 0.717) is 36.2 Å². The van der Waals surface area contributed by atoms with Gasteiger partial charge in [-0.05, 0) is 61.4 Å². The van der Waals surface area contributed by atoms with Crippen LogP contribution < -0.4 is 5.73 Å². The monoisotopic (exact) mass is 661 g/mol. The molecule has 8 atom stereocenters. The van der Waals surface area contributed by atoms with Gasteiger partial charge in [0.1, 0.15) is 6.10 Å². The number of primary amides is 1. The van der Waals surface area contributed by atoms with Gasteiger partial charge in [-0.3, -0.25) is 19.2 Å². The first-order valence-corrected chi connectivity index (χ1v) is 16.6. The van der Waals surface area contributed by atoms with E-state index in [1.807, 2.05) is 50.2 Å². The molecule has 0 spiro atoms. The number of aliphatic hydroxyl groups is 2. The molecule has 6 unspecified atom stereocenters. The summed E-state index contributed by atoms with van der Waals surface area (Å²) in [6.07, 6.45) is -1.90. The third kappa shape index (κ3) is 6.45. The zero-order valence-corrected chi connectivity index (χ0v) is 28.3. The highest BCUT2D eigenvalue weighted by molar-refractivity contribution is 5.95. The van der Waals surface area contributed by atoms with Gasteiger partial charge in [-0.2, -0.15) is 0 Å². The molecule has 3 fully saturated rings. The summed E-state index contributed by atoms with van der Waals surface area (Å²) in [5, 5.41) is 23.7. The standard InChI is InChI=1S/C31H40O8.C7H7NO/c1-17-23(39-25(34)12-11-19-9-7-6-8-10-19)15-31(36)14-21-20-16-37-22(20)13-24(33)30(21,5)28(35)27(38-18(2)32)26(17)29(31,3)4;8-7(9)6-4-2-1-3-5-6/h6-10,20-24,27,33,36H,11-16H2,1-5H3;1-5H,(H2,8,9)/t20-,21?,22?,23-,24?,27?,30?,31?;/m0./s1. The average molecular weight is 662 g/mol. The van der Waals surface area contributed by atoms with Crippen molar-refractivity contribution >= 4 is 23.6 Å². The first kappa shape index (κ1) is 35.4. The second-order valence-electron chi connectivity index (χ2n) is 14.4. The lowest BCUT2D eigenvalue weighted by Gasteiger charge is -2.62. The molecule has 0 aromatic heterocycles. The Kier molecular flexibility index (Phi) is 10.0. The number of benzene rings is 2. The van der Waals surface area contributed by atoms with Crippen LogP contribution in [0.4, 0.5) is 0 Å². The number of esters is 2. The van der Waals surface area contributed by atoms with Crippen LogP contribution in [-0.2, 0) is 35.0 Å². The highest BCUT2D eigenvalue weighted by Crippen LogP contribution is 2.61. The zero-order chi connectivity index (χ0) is 35.0. The summed E-state index contributed by atoms with van der Waals surface area (Å²) in [6.45, 7) is 8.94. The molecule has 2 saturated carbocycles. The number of carbonyl (C=O) groups is 4. The molecule has 258 valence electrons. The van der Waals surface area contributed by atoms with Gasteiger partial charge in [-0.15, -0.1) is 0 Å². The number of ketones is 1. The SMILES string of the molecule is CC(=O)OC1C(=O)C2(C)C(O)CC3OC[C@H]3C2CC2(O)C[C@H](OC(=O)CCc3ccccc3)C(C)=C1C2(C)C.NC(=O)c1ccccc1. The molecule has 6 rings (SSSR count). The average Bonchev–Trinajstić information content (AvgIpc) is 3.03. The predicted octanol–water partition coefficient (Wildman–Crippen LogP) is 4.10. The molecule has 10 nitrogen and oxygen atoms in total. The molecule has 1 saturated heterocycles. The number of rotatable bonds is 6.